The molecule has 0 radical (unpaired) electrons. The Hall–Kier alpha value is -1.49. The van der Waals surface area contributed by atoms with Gasteiger partial charge in [0.2, 0.25) is 0 Å². The van der Waals surface area contributed by atoms with Gasteiger partial charge in [-0.2, -0.15) is 0 Å². The molecule has 0 saturated carbocycles. The molecule has 0 unspecified atom stereocenters. The van der Waals surface area contributed by atoms with Crippen molar-refractivity contribution in [1.29, 1.82) is 0 Å². The molecule has 0 aliphatic carbocycles. The predicted octanol–water partition coefficient (Wildman–Crippen LogP) is 2.36. The zero-order valence-electron chi connectivity index (χ0n) is 8.88. The summed E-state index contributed by atoms with van der Waals surface area (Å²) in [7, 11) is -1.89. The van der Waals surface area contributed by atoms with Gasteiger partial charge in [0, 0.05) is 5.56 Å². The average molecular weight is 248 g/mol. The Bertz CT molecular complexity index is 502. The van der Waals surface area contributed by atoms with Crippen LogP contribution in [0, 0.1) is 0 Å². The van der Waals surface area contributed by atoms with Crippen LogP contribution in [-0.2, 0) is 0 Å². The van der Waals surface area contributed by atoms with E-state index in [0.717, 1.165) is 5.56 Å². The number of para-hydroxylation sites is 1. The Labute approximate surface area is 104 Å². The maximum absolute atomic E-state index is 8.88. The highest BCUT2D eigenvalue weighted by Crippen LogP contribution is 2.36. The fraction of sp³-hybridized carbons (Fsp3) is 0. The van der Waals surface area contributed by atoms with Crippen molar-refractivity contribution in [2.24, 2.45) is 0 Å². The number of hydrogen-bond donors (Lipinski definition) is 2. The van der Waals surface area contributed by atoms with E-state index in [2.05, 4.69) is 0 Å². The molecule has 0 saturated heterocycles. The molecule has 0 bridgehead atoms. The molecule has 0 amide bonds. The molecule has 2 aromatic rings. The van der Waals surface area contributed by atoms with Crippen LogP contribution < -0.4 is 4.65 Å². The van der Waals surface area contributed by atoms with Gasteiger partial charge in [-0.25, -0.2) is 0 Å². The molecule has 0 aromatic heterocycles. The Kier molecular flexibility index (Phi) is 3.69. The summed E-state index contributed by atoms with van der Waals surface area (Å²) < 4.78 is 4.91. The van der Waals surface area contributed by atoms with Crippen LogP contribution in [0.25, 0.3) is 11.1 Å². The maximum atomic E-state index is 8.88. The third-order valence-corrected chi connectivity index (χ3v) is 2.57. The molecule has 5 heteroatoms. The summed E-state index contributed by atoms with van der Waals surface area (Å²) in [4.78, 5) is 0. The standard InChI is InChI=1S/C12H10BClO3/c14-11-8-4-7-10(12(11)17-13(15)16)9-5-2-1-3-6-9/h1-8,15-16H. The minimum absolute atomic E-state index is 0.260. The van der Waals surface area contributed by atoms with Crippen LogP contribution in [0.15, 0.2) is 48.5 Å². The Morgan fingerprint density at radius 3 is 2.29 bits per heavy atom. The minimum atomic E-state index is -1.89. The van der Waals surface area contributed by atoms with Crippen LogP contribution in [0.5, 0.6) is 5.75 Å². The molecule has 0 heterocycles. The molecule has 0 spiro atoms. The fourth-order valence-corrected chi connectivity index (χ4v) is 1.80. The van der Waals surface area contributed by atoms with Crippen molar-refractivity contribution < 1.29 is 14.7 Å². The zero-order chi connectivity index (χ0) is 12.3. The minimum Gasteiger partial charge on any atom is -0.510 e. The highest BCUT2D eigenvalue weighted by molar-refractivity contribution is 6.36. The van der Waals surface area contributed by atoms with Crippen LogP contribution in [-0.4, -0.2) is 17.4 Å². The molecule has 3 nitrogen and oxygen atoms in total. The first-order valence-corrected chi connectivity index (χ1v) is 5.43. The molecule has 2 aromatic carbocycles. The molecule has 17 heavy (non-hydrogen) atoms. The van der Waals surface area contributed by atoms with Crippen LogP contribution in [0.4, 0.5) is 0 Å². The molecule has 2 N–H and O–H groups in total. The van der Waals surface area contributed by atoms with E-state index < -0.39 is 7.32 Å². The quantitative estimate of drug-likeness (QED) is 0.820. The molecule has 0 fully saturated rings. The van der Waals surface area contributed by atoms with Crippen molar-refractivity contribution in [3.63, 3.8) is 0 Å². The molecular weight excluding hydrogens is 238 g/mol. The van der Waals surface area contributed by atoms with Gasteiger partial charge in [0.1, 0.15) is 5.75 Å². The SMILES string of the molecule is OB(O)Oc1c(Cl)cccc1-c1ccccc1. The normalized spacial score (nSPS) is 10.1. The maximum Gasteiger partial charge on any atom is 0.707 e. The van der Waals surface area contributed by atoms with Crippen LogP contribution in [0.1, 0.15) is 0 Å². The highest BCUT2D eigenvalue weighted by atomic mass is 35.5. The fourth-order valence-electron chi connectivity index (χ4n) is 1.58. The smallest absolute Gasteiger partial charge is 0.510 e. The lowest BCUT2D eigenvalue weighted by Crippen LogP contribution is -2.21. The Morgan fingerprint density at radius 1 is 0.941 bits per heavy atom. The lowest BCUT2D eigenvalue weighted by atomic mass is 10.0. The van der Waals surface area contributed by atoms with E-state index in [1.165, 1.54) is 0 Å². The monoisotopic (exact) mass is 248 g/mol. The second-order valence-electron chi connectivity index (χ2n) is 3.43. The van der Waals surface area contributed by atoms with Crippen molar-refractivity contribution in [2.45, 2.75) is 0 Å². The van der Waals surface area contributed by atoms with E-state index in [1.807, 2.05) is 30.3 Å². The summed E-state index contributed by atoms with van der Waals surface area (Å²) >= 11 is 5.98. The third kappa shape index (κ3) is 2.80. The first-order valence-electron chi connectivity index (χ1n) is 5.05. The van der Waals surface area contributed by atoms with Gasteiger partial charge in [0.05, 0.1) is 5.02 Å². The van der Waals surface area contributed by atoms with Crippen molar-refractivity contribution in [3.05, 3.63) is 53.6 Å². The summed E-state index contributed by atoms with van der Waals surface area (Å²) in [5.41, 5.74) is 1.61. The van der Waals surface area contributed by atoms with Gasteiger partial charge in [-0.3, -0.25) is 0 Å². The van der Waals surface area contributed by atoms with Crippen LogP contribution >= 0.6 is 11.6 Å². The summed E-state index contributed by atoms with van der Waals surface area (Å²) in [6.07, 6.45) is 0. The highest BCUT2D eigenvalue weighted by Gasteiger charge is 2.17. The summed E-state index contributed by atoms with van der Waals surface area (Å²) in [5.74, 6) is 0.260. The van der Waals surface area contributed by atoms with E-state index in [-0.39, 0.29) is 5.75 Å². The predicted molar refractivity (Wildman–Crippen MR) is 67.7 cm³/mol. The van der Waals surface area contributed by atoms with Crippen molar-refractivity contribution in [3.8, 4) is 16.9 Å². The van der Waals surface area contributed by atoms with Gasteiger partial charge >= 0.3 is 7.32 Å². The number of hydrogen-bond acceptors (Lipinski definition) is 3. The topological polar surface area (TPSA) is 49.7 Å². The lowest BCUT2D eigenvalue weighted by Gasteiger charge is -2.12. The first kappa shape index (κ1) is 12.0. The lowest BCUT2D eigenvalue weighted by molar-refractivity contribution is 0.288. The van der Waals surface area contributed by atoms with E-state index in [4.69, 9.17) is 26.3 Å². The van der Waals surface area contributed by atoms with Gasteiger partial charge in [0.15, 0.2) is 0 Å². The second kappa shape index (κ2) is 5.23. The Morgan fingerprint density at radius 2 is 1.65 bits per heavy atom. The Balaban J connectivity index is 2.50. The zero-order valence-corrected chi connectivity index (χ0v) is 9.63. The van der Waals surface area contributed by atoms with Crippen LogP contribution in [0.3, 0.4) is 0 Å². The molecule has 86 valence electrons. The van der Waals surface area contributed by atoms with Crippen LogP contribution in [0.2, 0.25) is 5.02 Å². The first-order chi connectivity index (χ1) is 8.18. The van der Waals surface area contributed by atoms with Gasteiger partial charge in [0.25, 0.3) is 0 Å². The number of halogens is 1. The number of benzene rings is 2. The molecule has 0 aliphatic rings. The van der Waals surface area contributed by atoms with Gasteiger partial charge < -0.3 is 14.7 Å². The van der Waals surface area contributed by atoms with E-state index in [9.17, 15) is 0 Å². The largest absolute Gasteiger partial charge is 0.707 e. The van der Waals surface area contributed by atoms with Gasteiger partial charge in [-0.1, -0.05) is 54.1 Å². The molecule has 0 aliphatic heterocycles. The molecule has 2 rings (SSSR count). The third-order valence-electron chi connectivity index (χ3n) is 2.28. The molecular formula is C12H10BClO3. The van der Waals surface area contributed by atoms with Crippen molar-refractivity contribution in [1.82, 2.24) is 0 Å². The van der Waals surface area contributed by atoms with Crippen molar-refractivity contribution >= 4 is 18.9 Å². The van der Waals surface area contributed by atoms with Crippen molar-refractivity contribution in [2.75, 3.05) is 0 Å². The summed E-state index contributed by atoms with van der Waals surface area (Å²) in [6, 6.07) is 14.7. The molecule has 0 atom stereocenters. The summed E-state index contributed by atoms with van der Waals surface area (Å²) in [6.45, 7) is 0. The van der Waals surface area contributed by atoms with Gasteiger partial charge in [-0.15, -0.1) is 0 Å². The number of rotatable bonds is 3. The van der Waals surface area contributed by atoms with Gasteiger partial charge in [-0.05, 0) is 11.6 Å². The summed E-state index contributed by atoms with van der Waals surface area (Å²) in [5, 5.41) is 18.1. The average Bonchev–Trinajstić information content (AvgIpc) is 2.32. The van der Waals surface area contributed by atoms with E-state index in [0.29, 0.717) is 10.6 Å². The van der Waals surface area contributed by atoms with E-state index >= 15 is 0 Å². The van der Waals surface area contributed by atoms with E-state index in [1.54, 1.807) is 18.2 Å². The second-order valence-corrected chi connectivity index (χ2v) is 3.83.